The van der Waals surface area contributed by atoms with Gasteiger partial charge in [0.15, 0.2) is 40.5 Å². The molecule has 41 heavy (non-hydrogen) atoms. The maximum absolute atomic E-state index is 15.8. The predicted molar refractivity (Wildman–Crippen MR) is 144 cm³/mol. The molecule has 0 aromatic carbocycles. The second-order valence-corrected chi connectivity index (χ2v) is 14.5. The Labute approximate surface area is 238 Å². The topological polar surface area (TPSA) is 233 Å². The van der Waals surface area contributed by atoms with E-state index in [1.165, 1.54) is 13.3 Å². The molecule has 6 rings (SSSR count). The maximum atomic E-state index is 15.8. The van der Waals surface area contributed by atoms with Gasteiger partial charge < -0.3 is 43.4 Å². The molecule has 0 aliphatic carbocycles. The molecule has 0 spiro atoms. The van der Waals surface area contributed by atoms with Crippen LogP contribution in [0.25, 0.3) is 22.3 Å². The second-order valence-electron chi connectivity index (χ2n) is 8.89. The summed E-state index contributed by atoms with van der Waals surface area (Å²) in [5.74, 6) is 0.509. The Kier molecular flexibility index (Phi) is 7.48. The van der Waals surface area contributed by atoms with Gasteiger partial charge in [0.05, 0.1) is 13.2 Å². The number of ether oxygens (including phenoxy) is 1. The maximum Gasteiger partial charge on any atom is 0.325 e. The van der Waals surface area contributed by atoms with Crippen molar-refractivity contribution in [1.29, 1.82) is 0 Å². The molecule has 220 valence electrons. The summed E-state index contributed by atoms with van der Waals surface area (Å²) in [5, 5.41) is 7.71. The summed E-state index contributed by atoms with van der Waals surface area (Å²) >= 11 is 10.3. The standard InChI is InChI=1S/C18H21FN10O8P2S2/c1-7-23-16-12(17(30)24-7)26-27-29(16)18-13-10(19)8(36-18)4-34-38(31,40)33-3-2-28-9(5-35-39(32,41)37-13)25-11-14(20)21-6-22-15(11)28/h6,8,10,13,18H,2-5H2,1H3,(H,31,40)(H,32,41)(H2,20,21,22)(H,23,24,30)/t8-,10-,13-,18-,38?,39?/m1/s1. The van der Waals surface area contributed by atoms with Gasteiger partial charge in [-0.25, -0.2) is 24.3 Å². The van der Waals surface area contributed by atoms with Gasteiger partial charge in [-0.05, 0) is 30.5 Å². The molecule has 23 heteroatoms. The molecule has 2 bridgehead atoms. The number of aromatic nitrogens is 9. The highest BCUT2D eigenvalue weighted by Gasteiger charge is 2.51. The van der Waals surface area contributed by atoms with Crippen LogP contribution in [0.15, 0.2) is 11.1 Å². The summed E-state index contributed by atoms with van der Waals surface area (Å²) in [6.45, 7) is -7.64. The fourth-order valence-corrected chi connectivity index (χ4v) is 6.83. The highest BCUT2D eigenvalue weighted by atomic mass is 32.5. The number of aromatic amines is 1. The van der Waals surface area contributed by atoms with E-state index in [0.29, 0.717) is 5.65 Å². The number of hydrogen-bond acceptors (Lipinski definition) is 15. The SMILES string of the molecule is Cc1nc2c(nnn2[C@@H]2O[C@@H]3COP(O)(=S)OCCn4c(nc5c(N)ncnc54)COP(O)(=S)O[C@@H]2[C@@H]3F)c(=O)[nH]1. The average Bonchev–Trinajstić information content (AvgIpc) is 3.56. The number of alkyl halides is 1. The van der Waals surface area contributed by atoms with Crippen LogP contribution in [0.5, 0.6) is 0 Å². The molecule has 0 amide bonds. The summed E-state index contributed by atoms with van der Waals surface area (Å²) in [7, 11) is 0. The Bertz CT molecular complexity index is 1800. The van der Waals surface area contributed by atoms with E-state index in [0.717, 1.165) is 4.68 Å². The van der Waals surface area contributed by atoms with E-state index in [1.807, 2.05) is 0 Å². The van der Waals surface area contributed by atoms with Gasteiger partial charge in [-0.1, -0.05) is 5.21 Å². The minimum Gasteiger partial charge on any atom is -0.382 e. The Morgan fingerprint density at radius 3 is 2.76 bits per heavy atom. The first-order chi connectivity index (χ1) is 19.4. The van der Waals surface area contributed by atoms with Crippen LogP contribution in [0.4, 0.5) is 10.2 Å². The third kappa shape index (κ3) is 5.55. The molecule has 2 unspecified atom stereocenters. The minimum atomic E-state index is -4.20. The lowest BCUT2D eigenvalue weighted by molar-refractivity contribution is -0.0532. The molecule has 18 nitrogen and oxygen atoms in total. The van der Waals surface area contributed by atoms with Gasteiger partial charge in [-0.15, -0.1) is 5.10 Å². The lowest BCUT2D eigenvalue weighted by Crippen LogP contribution is -2.32. The molecular weight excluding hydrogens is 629 g/mol. The smallest absolute Gasteiger partial charge is 0.325 e. The largest absolute Gasteiger partial charge is 0.382 e. The highest BCUT2D eigenvalue weighted by Crippen LogP contribution is 2.52. The third-order valence-electron chi connectivity index (χ3n) is 6.18. The molecule has 2 aliphatic heterocycles. The number of aryl methyl sites for hydroxylation is 1. The van der Waals surface area contributed by atoms with E-state index in [-0.39, 0.29) is 47.3 Å². The number of fused-ring (bicyclic) bond motifs is 6. The van der Waals surface area contributed by atoms with Crippen LogP contribution >= 0.6 is 13.4 Å². The highest BCUT2D eigenvalue weighted by molar-refractivity contribution is 8.07. The number of anilines is 1. The number of nitrogens with two attached hydrogens (primary N) is 1. The van der Waals surface area contributed by atoms with Gasteiger partial charge in [-0.3, -0.25) is 9.32 Å². The van der Waals surface area contributed by atoms with E-state index in [9.17, 15) is 14.6 Å². The van der Waals surface area contributed by atoms with Crippen molar-refractivity contribution in [3.05, 3.63) is 28.3 Å². The van der Waals surface area contributed by atoms with Crippen LogP contribution in [0.1, 0.15) is 17.9 Å². The molecule has 2 aliphatic rings. The normalized spacial score (nSPS) is 31.6. The molecule has 1 fully saturated rings. The monoisotopic (exact) mass is 650 g/mol. The van der Waals surface area contributed by atoms with Gasteiger partial charge in [0.2, 0.25) is 0 Å². The molecule has 1 saturated heterocycles. The lowest BCUT2D eigenvalue weighted by Gasteiger charge is -2.24. The van der Waals surface area contributed by atoms with E-state index in [2.05, 4.69) is 35.2 Å². The Morgan fingerprint density at radius 2 is 1.95 bits per heavy atom. The van der Waals surface area contributed by atoms with Crippen LogP contribution < -0.4 is 11.3 Å². The lowest BCUT2D eigenvalue weighted by atomic mass is 10.1. The summed E-state index contributed by atoms with van der Waals surface area (Å²) in [6.07, 6.45) is -5.27. The van der Waals surface area contributed by atoms with Crippen molar-refractivity contribution in [2.75, 3.05) is 18.9 Å². The molecule has 4 aromatic rings. The van der Waals surface area contributed by atoms with E-state index >= 15 is 4.39 Å². The number of hydrogen-bond donors (Lipinski definition) is 4. The van der Waals surface area contributed by atoms with E-state index in [4.69, 9.17) is 52.2 Å². The average molecular weight is 651 g/mol. The molecule has 6 heterocycles. The number of rotatable bonds is 1. The van der Waals surface area contributed by atoms with E-state index in [1.54, 1.807) is 4.57 Å². The summed E-state index contributed by atoms with van der Waals surface area (Å²) in [5.41, 5.74) is 5.73. The van der Waals surface area contributed by atoms with Crippen molar-refractivity contribution >= 4 is 65.2 Å². The Balaban J connectivity index is 1.39. The van der Waals surface area contributed by atoms with Crippen LogP contribution in [0.3, 0.4) is 0 Å². The van der Waals surface area contributed by atoms with Crippen LogP contribution in [0, 0.1) is 6.92 Å². The summed E-state index contributed by atoms with van der Waals surface area (Å²) in [6, 6.07) is 0. The Hall–Kier alpha value is -2.42. The van der Waals surface area contributed by atoms with Crippen molar-refractivity contribution < 1.29 is 37.0 Å². The quantitative estimate of drug-likeness (QED) is 0.196. The van der Waals surface area contributed by atoms with Gasteiger partial charge in [0.1, 0.15) is 36.8 Å². The zero-order chi connectivity index (χ0) is 29.1. The second kappa shape index (κ2) is 10.7. The number of nitrogen functional groups attached to an aromatic ring is 1. The zero-order valence-electron chi connectivity index (χ0n) is 20.8. The van der Waals surface area contributed by atoms with Crippen molar-refractivity contribution in [2.45, 2.75) is 44.7 Å². The van der Waals surface area contributed by atoms with Gasteiger partial charge in [-0.2, -0.15) is 4.68 Å². The van der Waals surface area contributed by atoms with Crippen molar-refractivity contribution in [1.82, 2.24) is 44.5 Å². The number of H-pyrrole nitrogens is 1. The first-order valence-electron chi connectivity index (χ1n) is 11.8. The molecule has 0 radical (unpaired) electrons. The van der Waals surface area contributed by atoms with Crippen molar-refractivity contribution in [3.8, 4) is 0 Å². The van der Waals surface area contributed by atoms with Crippen molar-refractivity contribution in [2.24, 2.45) is 0 Å². The molecule has 0 saturated carbocycles. The fourth-order valence-electron chi connectivity index (χ4n) is 4.38. The van der Waals surface area contributed by atoms with Crippen LogP contribution in [0.2, 0.25) is 0 Å². The number of nitrogens with one attached hydrogen (secondary N) is 1. The molecule has 4 aromatic heterocycles. The van der Waals surface area contributed by atoms with Crippen LogP contribution in [-0.2, 0) is 59.6 Å². The molecular formula is C18H21FN10O8P2S2. The fraction of sp³-hybridized carbons (Fsp3) is 0.500. The van der Waals surface area contributed by atoms with Gasteiger partial charge in [0.25, 0.3) is 5.56 Å². The first kappa shape index (κ1) is 28.7. The van der Waals surface area contributed by atoms with Crippen LogP contribution in [-0.4, -0.2) is 85.9 Å². The van der Waals surface area contributed by atoms with Gasteiger partial charge >= 0.3 is 13.4 Å². The number of halogens is 1. The zero-order valence-corrected chi connectivity index (χ0v) is 24.2. The van der Waals surface area contributed by atoms with Gasteiger partial charge in [0, 0.05) is 6.54 Å². The Morgan fingerprint density at radius 1 is 1.15 bits per heavy atom. The predicted octanol–water partition coefficient (Wildman–Crippen LogP) is -0.137. The molecule has 5 N–H and O–H groups in total. The summed E-state index contributed by atoms with van der Waals surface area (Å²) in [4.78, 5) is 53.1. The van der Waals surface area contributed by atoms with E-state index < -0.39 is 56.8 Å². The summed E-state index contributed by atoms with van der Waals surface area (Å²) < 4.78 is 46.2. The van der Waals surface area contributed by atoms with Crippen molar-refractivity contribution in [3.63, 3.8) is 0 Å². The first-order valence-corrected chi connectivity index (χ1v) is 17.0. The third-order valence-corrected chi connectivity index (χ3v) is 9.34. The minimum absolute atomic E-state index is 0.0387. The number of imidazole rings is 1. The molecule has 6 atom stereocenters. The number of nitrogens with zero attached hydrogens (tertiary/aromatic N) is 8.